The Labute approximate surface area is 272 Å². The van der Waals surface area contributed by atoms with Gasteiger partial charge in [0, 0.05) is 24.5 Å². The Kier molecular flexibility index (Phi) is 11.2. The van der Waals surface area contributed by atoms with Crippen LogP contribution in [0.25, 0.3) is 0 Å². The molecule has 0 radical (unpaired) electrons. The number of amides is 1. The molecule has 0 atom stereocenters. The number of hydrogen-bond donors (Lipinski definition) is 6. The maximum absolute atomic E-state index is 13.3. The summed E-state index contributed by atoms with van der Waals surface area (Å²) in [6.07, 6.45) is 6.31. The van der Waals surface area contributed by atoms with Gasteiger partial charge in [-0.1, -0.05) is 43.5 Å². The largest absolute Gasteiger partial charge is 0.354 e. The molecule has 1 heterocycles. The van der Waals surface area contributed by atoms with Crippen LogP contribution in [0.3, 0.4) is 0 Å². The Morgan fingerprint density at radius 3 is 2.13 bits per heavy atom. The van der Waals surface area contributed by atoms with Crippen molar-refractivity contribution in [1.82, 2.24) is 25.8 Å². The summed E-state index contributed by atoms with van der Waals surface area (Å²) in [6.45, 7) is 1.22. The Morgan fingerprint density at radius 2 is 1.43 bits per heavy atom. The third kappa shape index (κ3) is 10.1. The van der Waals surface area contributed by atoms with E-state index in [-0.39, 0.29) is 23.3 Å². The van der Waals surface area contributed by atoms with E-state index in [0.717, 1.165) is 23.4 Å². The maximum atomic E-state index is 13.3. The van der Waals surface area contributed by atoms with Crippen molar-refractivity contribution in [1.29, 1.82) is 5.26 Å². The number of aromatic nitrogens is 3. The number of hydrazine groups is 1. The SMILES string of the molecule is N#Cc1ccc(NC(=S)NNC(=O)Cc2ccc(Nc3nc(NCc4ccc(F)cc4)nc(NCC4CCCCC4)n3)cc2)cc1. The summed E-state index contributed by atoms with van der Waals surface area (Å²) >= 11 is 5.22. The predicted molar refractivity (Wildman–Crippen MR) is 181 cm³/mol. The Balaban J connectivity index is 1.16. The number of rotatable bonds is 11. The van der Waals surface area contributed by atoms with Crippen LogP contribution >= 0.6 is 12.2 Å². The van der Waals surface area contributed by atoms with E-state index in [1.54, 1.807) is 36.4 Å². The smallest absolute Gasteiger partial charge is 0.242 e. The minimum absolute atomic E-state index is 0.130. The third-order valence-electron chi connectivity index (χ3n) is 7.43. The number of carbonyl (C=O) groups is 1. The molecule has 11 nitrogen and oxygen atoms in total. The van der Waals surface area contributed by atoms with E-state index in [2.05, 4.69) is 53.1 Å². The van der Waals surface area contributed by atoms with Crippen LogP contribution in [-0.2, 0) is 17.8 Å². The van der Waals surface area contributed by atoms with Gasteiger partial charge in [-0.2, -0.15) is 20.2 Å². The fraction of sp³-hybridized carbons (Fsp3) is 0.273. The zero-order valence-electron chi connectivity index (χ0n) is 25.1. The average molecular weight is 639 g/mol. The fourth-order valence-corrected chi connectivity index (χ4v) is 5.15. The summed E-state index contributed by atoms with van der Waals surface area (Å²) in [5.41, 5.74) is 8.92. The number of carbonyl (C=O) groups excluding carboxylic acids is 1. The van der Waals surface area contributed by atoms with Gasteiger partial charge in [-0.15, -0.1) is 0 Å². The van der Waals surface area contributed by atoms with Crippen molar-refractivity contribution < 1.29 is 9.18 Å². The fourth-order valence-electron chi connectivity index (χ4n) is 4.98. The molecule has 3 aromatic carbocycles. The number of hydrogen-bond acceptors (Lipinski definition) is 9. The van der Waals surface area contributed by atoms with Gasteiger partial charge in [0.1, 0.15) is 5.82 Å². The van der Waals surface area contributed by atoms with Gasteiger partial charge in [0.05, 0.1) is 18.1 Å². The quantitative estimate of drug-likeness (QED) is 0.0875. The molecule has 1 amide bonds. The van der Waals surface area contributed by atoms with Crippen LogP contribution in [-0.4, -0.2) is 32.5 Å². The summed E-state index contributed by atoms with van der Waals surface area (Å²) in [5.74, 6) is 1.25. The first kappa shape index (κ1) is 32.1. The van der Waals surface area contributed by atoms with E-state index in [1.165, 1.54) is 44.2 Å². The lowest BCUT2D eigenvalue weighted by molar-refractivity contribution is -0.121. The van der Waals surface area contributed by atoms with Crippen molar-refractivity contribution >= 4 is 52.5 Å². The second kappa shape index (κ2) is 16.1. The summed E-state index contributed by atoms with van der Waals surface area (Å²) in [5, 5.41) is 21.9. The molecular formula is C33H35FN10OS. The predicted octanol–water partition coefficient (Wildman–Crippen LogP) is 5.79. The molecule has 4 aromatic rings. The molecule has 0 saturated heterocycles. The van der Waals surface area contributed by atoms with Crippen molar-refractivity contribution in [2.24, 2.45) is 5.92 Å². The average Bonchev–Trinajstić information content (AvgIpc) is 3.08. The first-order chi connectivity index (χ1) is 22.4. The summed E-state index contributed by atoms with van der Waals surface area (Å²) < 4.78 is 13.3. The van der Waals surface area contributed by atoms with Crippen LogP contribution in [0.2, 0.25) is 0 Å². The van der Waals surface area contributed by atoms with Gasteiger partial charge in [-0.05, 0) is 90.6 Å². The molecule has 1 aliphatic carbocycles. The van der Waals surface area contributed by atoms with E-state index in [4.69, 9.17) is 17.5 Å². The molecule has 1 fully saturated rings. The van der Waals surface area contributed by atoms with Crippen molar-refractivity contribution in [3.63, 3.8) is 0 Å². The topological polar surface area (TPSA) is 152 Å². The first-order valence-corrected chi connectivity index (χ1v) is 15.5. The molecule has 1 aromatic heterocycles. The number of thiocarbonyl (C=S) groups is 1. The van der Waals surface area contributed by atoms with Crippen molar-refractivity contribution in [2.75, 3.05) is 27.8 Å². The molecule has 5 rings (SSSR count). The van der Waals surface area contributed by atoms with Crippen LogP contribution < -0.4 is 32.1 Å². The van der Waals surface area contributed by atoms with Gasteiger partial charge in [-0.25, -0.2) is 4.39 Å². The lowest BCUT2D eigenvalue weighted by Gasteiger charge is -2.21. The molecule has 0 spiro atoms. The van der Waals surface area contributed by atoms with Gasteiger partial charge < -0.3 is 21.3 Å². The van der Waals surface area contributed by atoms with E-state index in [1.807, 2.05) is 24.3 Å². The first-order valence-electron chi connectivity index (χ1n) is 15.1. The maximum Gasteiger partial charge on any atom is 0.242 e. The molecule has 6 N–H and O–H groups in total. The number of nitriles is 1. The number of nitrogens with zero attached hydrogens (tertiary/aromatic N) is 4. The highest BCUT2D eigenvalue weighted by molar-refractivity contribution is 7.80. The van der Waals surface area contributed by atoms with E-state index < -0.39 is 0 Å². The lowest BCUT2D eigenvalue weighted by atomic mass is 9.89. The van der Waals surface area contributed by atoms with E-state index >= 15 is 0 Å². The number of nitrogens with one attached hydrogen (secondary N) is 6. The van der Waals surface area contributed by atoms with Crippen LogP contribution in [0, 0.1) is 23.1 Å². The molecule has 236 valence electrons. The summed E-state index contributed by atoms with van der Waals surface area (Å²) in [7, 11) is 0. The molecule has 13 heteroatoms. The highest BCUT2D eigenvalue weighted by Crippen LogP contribution is 2.24. The second-order valence-corrected chi connectivity index (χ2v) is 11.4. The van der Waals surface area contributed by atoms with Gasteiger partial charge in [0.25, 0.3) is 0 Å². The van der Waals surface area contributed by atoms with Crippen molar-refractivity contribution in [3.05, 3.63) is 95.3 Å². The Hall–Kier alpha value is -5.35. The normalized spacial score (nSPS) is 12.8. The molecule has 0 bridgehead atoms. The van der Waals surface area contributed by atoms with Crippen LogP contribution in [0.15, 0.2) is 72.8 Å². The zero-order valence-corrected chi connectivity index (χ0v) is 26.0. The summed E-state index contributed by atoms with van der Waals surface area (Å²) in [6, 6.07) is 22.5. The second-order valence-electron chi connectivity index (χ2n) is 11.0. The minimum atomic E-state index is -0.287. The molecule has 0 unspecified atom stereocenters. The lowest BCUT2D eigenvalue weighted by Crippen LogP contribution is -2.44. The molecule has 0 aliphatic heterocycles. The highest BCUT2D eigenvalue weighted by atomic mass is 32.1. The van der Waals surface area contributed by atoms with E-state index in [0.29, 0.717) is 41.6 Å². The van der Waals surface area contributed by atoms with Crippen LogP contribution in [0.1, 0.15) is 48.8 Å². The number of halogens is 1. The third-order valence-corrected chi connectivity index (χ3v) is 7.64. The van der Waals surface area contributed by atoms with Crippen LogP contribution in [0.4, 0.5) is 33.6 Å². The Bertz CT molecular complexity index is 1650. The van der Waals surface area contributed by atoms with E-state index in [9.17, 15) is 9.18 Å². The number of benzene rings is 3. The van der Waals surface area contributed by atoms with Gasteiger partial charge >= 0.3 is 0 Å². The highest BCUT2D eigenvalue weighted by Gasteiger charge is 2.15. The van der Waals surface area contributed by atoms with Gasteiger partial charge in [0.15, 0.2) is 5.11 Å². The molecule has 1 aliphatic rings. The zero-order chi connectivity index (χ0) is 32.1. The van der Waals surface area contributed by atoms with Gasteiger partial charge in [-0.3, -0.25) is 15.6 Å². The van der Waals surface area contributed by atoms with Crippen LogP contribution in [0.5, 0.6) is 0 Å². The Morgan fingerprint density at radius 1 is 0.804 bits per heavy atom. The minimum Gasteiger partial charge on any atom is -0.354 e. The van der Waals surface area contributed by atoms with Gasteiger partial charge in [0.2, 0.25) is 23.8 Å². The van der Waals surface area contributed by atoms with Crippen molar-refractivity contribution in [3.8, 4) is 6.07 Å². The number of anilines is 5. The molecule has 46 heavy (non-hydrogen) atoms. The molecular weight excluding hydrogens is 603 g/mol. The van der Waals surface area contributed by atoms with Crippen molar-refractivity contribution in [2.45, 2.75) is 45.1 Å². The molecule has 1 saturated carbocycles. The standard InChI is InChI=1S/C33H35FN10OS/c34-26-12-6-25(7-13-26)21-37-31-40-30(36-20-24-4-2-1-3-5-24)41-32(42-31)38-27-14-8-22(9-15-27)18-29(45)43-44-33(46)39-28-16-10-23(19-35)11-17-28/h6-17,24H,1-5,18,20-21H2,(H,43,45)(H2,39,44,46)(H3,36,37,38,40,41,42). The monoisotopic (exact) mass is 638 g/mol. The summed E-state index contributed by atoms with van der Waals surface area (Å²) in [4.78, 5) is 26.2.